The summed E-state index contributed by atoms with van der Waals surface area (Å²) in [5, 5.41) is 5.56. The molecular weight excluding hydrogens is 667 g/mol. The molecule has 3 amide bonds. The highest BCUT2D eigenvalue weighted by molar-refractivity contribution is 9.11. The van der Waals surface area contributed by atoms with Crippen LogP contribution in [0.5, 0.6) is 0 Å². The second-order valence-corrected chi connectivity index (χ2v) is 13.5. The van der Waals surface area contributed by atoms with Crippen LogP contribution in [-0.4, -0.2) is 49.2 Å². The molecule has 210 valence electrons. The molecule has 12 heteroatoms. The highest BCUT2D eigenvalue weighted by atomic mass is 79.9. The van der Waals surface area contributed by atoms with Crippen LogP contribution in [0.4, 0.5) is 20.6 Å². The van der Waals surface area contributed by atoms with Gasteiger partial charge in [0.2, 0.25) is 15.9 Å². The maximum Gasteiger partial charge on any atom is 0.323 e. The number of nitrogens with one attached hydrogen (secondary N) is 2. The first-order chi connectivity index (χ1) is 19.1. The monoisotopic (exact) mass is 692 g/mol. The van der Waals surface area contributed by atoms with Crippen molar-refractivity contribution in [3.8, 4) is 0 Å². The third kappa shape index (κ3) is 6.24. The number of benzene rings is 3. The number of piperidine rings is 1. The van der Waals surface area contributed by atoms with E-state index in [9.17, 15) is 22.4 Å². The second kappa shape index (κ2) is 12.0. The minimum absolute atomic E-state index is 0.0266. The molecule has 2 aliphatic rings. The van der Waals surface area contributed by atoms with E-state index in [0.29, 0.717) is 52.7 Å². The molecule has 2 aliphatic heterocycles. The summed E-state index contributed by atoms with van der Waals surface area (Å²) in [6.07, 6.45) is 1.49. The maximum atomic E-state index is 13.4. The van der Waals surface area contributed by atoms with Gasteiger partial charge in [0.25, 0.3) is 0 Å². The lowest BCUT2D eigenvalue weighted by Crippen LogP contribution is -2.45. The van der Waals surface area contributed by atoms with Crippen molar-refractivity contribution in [2.75, 3.05) is 30.3 Å². The standard InChI is InChI=1S/C28H27Br2FN4O4S/c29-20-4-9-24(30)26(16-20)40(38,39)35-14-10-18(11-15-35)27(36)34-13-12-23-19(17-34)2-1-3-25(23)33-28(37)32-22-7-5-21(31)6-8-22/h1-9,16,18H,10-15,17H2,(H2,32,33,37). The molecule has 40 heavy (non-hydrogen) atoms. The van der Waals surface area contributed by atoms with Crippen molar-refractivity contribution in [2.45, 2.75) is 30.7 Å². The molecule has 8 nitrogen and oxygen atoms in total. The van der Waals surface area contributed by atoms with Crippen molar-refractivity contribution >= 4 is 65.2 Å². The van der Waals surface area contributed by atoms with Crippen LogP contribution >= 0.6 is 31.9 Å². The molecule has 0 bridgehead atoms. The van der Waals surface area contributed by atoms with Crippen molar-refractivity contribution in [1.82, 2.24) is 9.21 Å². The smallest absolute Gasteiger partial charge is 0.323 e. The SMILES string of the molecule is O=C(Nc1ccc(F)cc1)Nc1cccc2c1CCN(C(=O)C1CCN(S(=O)(=O)c3cc(Br)ccc3Br)CC1)C2. The van der Waals surface area contributed by atoms with Gasteiger partial charge in [0.1, 0.15) is 5.82 Å². The Morgan fingerprint density at radius 2 is 1.65 bits per heavy atom. The van der Waals surface area contributed by atoms with Crippen molar-refractivity contribution in [1.29, 1.82) is 0 Å². The Morgan fingerprint density at radius 3 is 2.38 bits per heavy atom. The number of nitrogens with zero attached hydrogens (tertiary/aromatic N) is 2. The Hall–Kier alpha value is -2.80. The predicted molar refractivity (Wildman–Crippen MR) is 158 cm³/mol. The van der Waals surface area contributed by atoms with Gasteiger partial charge in [0, 0.05) is 52.4 Å². The van der Waals surface area contributed by atoms with Crippen LogP contribution in [0.15, 0.2) is 74.5 Å². The number of hydrogen-bond acceptors (Lipinski definition) is 4. The highest BCUT2D eigenvalue weighted by Gasteiger charge is 2.35. The molecule has 2 N–H and O–H groups in total. The molecule has 0 unspecified atom stereocenters. The zero-order chi connectivity index (χ0) is 28.4. The molecule has 0 atom stereocenters. The Kier molecular flexibility index (Phi) is 8.60. The predicted octanol–water partition coefficient (Wildman–Crippen LogP) is 5.98. The number of carbonyl (C=O) groups is 2. The quantitative estimate of drug-likeness (QED) is 0.344. The summed E-state index contributed by atoms with van der Waals surface area (Å²) >= 11 is 6.68. The fraction of sp³-hybridized carbons (Fsp3) is 0.286. The number of hydrogen-bond donors (Lipinski definition) is 2. The molecule has 0 spiro atoms. The van der Waals surface area contributed by atoms with Crippen LogP contribution < -0.4 is 10.6 Å². The van der Waals surface area contributed by atoms with E-state index in [4.69, 9.17) is 0 Å². The first-order valence-corrected chi connectivity index (χ1v) is 15.8. The van der Waals surface area contributed by atoms with E-state index in [0.717, 1.165) is 11.1 Å². The molecule has 0 radical (unpaired) electrons. The highest BCUT2D eigenvalue weighted by Crippen LogP contribution is 2.32. The number of fused-ring (bicyclic) bond motifs is 1. The fourth-order valence-corrected chi connectivity index (χ4v) is 8.08. The zero-order valence-electron chi connectivity index (χ0n) is 21.4. The first kappa shape index (κ1) is 28.7. The zero-order valence-corrected chi connectivity index (χ0v) is 25.4. The van der Waals surface area contributed by atoms with Gasteiger partial charge in [-0.05, 0) is 94.9 Å². The average Bonchev–Trinajstić information content (AvgIpc) is 2.95. The van der Waals surface area contributed by atoms with E-state index in [1.54, 1.807) is 18.2 Å². The lowest BCUT2D eigenvalue weighted by Gasteiger charge is -2.36. The summed E-state index contributed by atoms with van der Waals surface area (Å²) in [5.74, 6) is -0.605. The minimum atomic E-state index is -3.69. The summed E-state index contributed by atoms with van der Waals surface area (Å²) in [6, 6.07) is 15.7. The fourth-order valence-electron chi connectivity index (χ4n) is 5.15. The molecule has 3 aromatic rings. The van der Waals surface area contributed by atoms with Crippen molar-refractivity contribution in [3.63, 3.8) is 0 Å². The Bertz CT molecular complexity index is 1540. The van der Waals surface area contributed by atoms with Crippen molar-refractivity contribution in [2.24, 2.45) is 5.92 Å². The lowest BCUT2D eigenvalue weighted by atomic mass is 9.93. The van der Waals surface area contributed by atoms with Gasteiger partial charge in [-0.15, -0.1) is 0 Å². The summed E-state index contributed by atoms with van der Waals surface area (Å²) in [5.41, 5.74) is 3.07. The van der Waals surface area contributed by atoms with Crippen LogP contribution in [0, 0.1) is 11.7 Å². The normalized spacial score (nSPS) is 16.3. The van der Waals surface area contributed by atoms with E-state index in [-0.39, 0.29) is 35.6 Å². The van der Waals surface area contributed by atoms with Gasteiger partial charge in [-0.3, -0.25) is 4.79 Å². The van der Waals surface area contributed by atoms with Crippen LogP contribution in [0.1, 0.15) is 24.0 Å². The Labute approximate surface area is 249 Å². The molecule has 3 aromatic carbocycles. The van der Waals surface area contributed by atoms with E-state index in [1.165, 1.54) is 28.6 Å². The summed E-state index contributed by atoms with van der Waals surface area (Å²) in [7, 11) is -3.69. The minimum Gasteiger partial charge on any atom is -0.338 e. The number of urea groups is 1. The summed E-state index contributed by atoms with van der Waals surface area (Å²) in [4.78, 5) is 28.0. The van der Waals surface area contributed by atoms with Crippen molar-refractivity contribution in [3.05, 3.63) is 86.6 Å². The van der Waals surface area contributed by atoms with Gasteiger partial charge in [0.15, 0.2) is 0 Å². The van der Waals surface area contributed by atoms with Crippen molar-refractivity contribution < 1.29 is 22.4 Å². The van der Waals surface area contributed by atoms with E-state index in [1.807, 2.05) is 23.1 Å². The average molecular weight is 694 g/mol. The summed E-state index contributed by atoms with van der Waals surface area (Å²) < 4.78 is 42.2. The van der Waals surface area contributed by atoms with Gasteiger partial charge in [0.05, 0.1) is 4.90 Å². The lowest BCUT2D eigenvalue weighted by molar-refractivity contribution is -0.137. The Morgan fingerprint density at radius 1 is 0.925 bits per heavy atom. The number of anilines is 2. The van der Waals surface area contributed by atoms with E-state index in [2.05, 4.69) is 42.5 Å². The molecule has 2 heterocycles. The van der Waals surface area contributed by atoms with E-state index >= 15 is 0 Å². The maximum absolute atomic E-state index is 13.4. The van der Waals surface area contributed by atoms with E-state index < -0.39 is 16.1 Å². The van der Waals surface area contributed by atoms with Crippen LogP contribution in [0.3, 0.4) is 0 Å². The number of halogens is 3. The van der Waals surface area contributed by atoms with Gasteiger partial charge in [-0.25, -0.2) is 17.6 Å². The van der Waals surface area contributed by atoms with Crippen LogP contribution in [-0.2, 0) is 27.8 Å². The number of rotatable bonds is 5. The third-order valence-corrected chi connectivity index (χ3v) is 10.6. The van der Waals surface area contributed by atoms with Gasteiger partial charge >= 0.3 is 6.03 Å². The van der Waals surface area contributed by atoms with Crippen LogP contribution in [0.2, 0.25) is 0 Å². The Balaban J connectivity index is 1.19. The number of sulfonamides is 1. The molecule has 5 rings (SSSR count). The molecule has 0 saturated carbocycles. The topological polar surface area (TPSA) is 98.8 Å². The van der Waals surface area contributed by atoms with Gasteiger partial charge < -0.3 is 15.5 Å². The molecule has 1 fully saturated rings. The van der Waals surface area contributed by atoms with Crippen LogP contribution in [0.25, 0.3) is 0 Å². The van der Waals surface area contributed by atoms with Gasteiger partial charge in [-0.1, -0.05) is 28.1 Å². The molecular formula is C28H27Br2FN4O4S. The second-order valence-electron chi connectivity index (χ2n) is 9.79. The largest absolute Gasteiger partial charge is 0.338 e. The van der Waals surface area contributed by atoms with Gasteiger partial charge in [-0.2, -0.15) is 4.31 Å². The first-order valence-electron chi connectivity index (χ1n) is 12.8. The number of amides is 3. The molecule has 0 aromatic heterocycles. The summed E-state index contributed by atoms with van der Waals surface area (Å²) in [6.45, 7) is 1.49. The number of carbonyl (C=O) groups excluding carboxylic acids is 2. The molecule has 1 saturated heterocycles. The molecule has 0 aliphatic carbocycles. The third-order valence-electron chi connectivity index (χ3n) is 7.24.